The molecule has 1 unspecified atom stereocenters. The average Bonchev–Trinajstić information content (AvgIpc) is 2.31. The summed E-state index contributed by atoms with van der Waals surface area (Å²) < 4.78 is 20.3. The highest BCUT2D eigenvalue weighted by Crippen LogP contribution is 1.89. The summed E-state index contributed by atoms with van der Waals surface area (Å²) in [6.45, 7) is 3.45. The van der Waals surface area contributed by atoms with E-state index in [9.17, 15) is 0 Å². The summed E-state index contributed by atoms with van der Waals surface area (Å²) in [5, 5.41) is 9.05. The molecule has 6 heteroatoms. The van der Waals surface area contributed by atoms with Crippen molar-refractivity contribution in [3.63, 3.8) is 0 Å². The van der Waals surface area contributed by atoms with E-state index in [4.69, 9.17) is 35.7 Å². The molecule has 98 valence electrons. The van der Waals surface area contributed by atoms with Crippen molar-refractivity contribution in [2.75, 3.05) is 59.2 Å². The molecule has 0 spiro atoms. The maximum Gasteiger partial charge on any atom is 0.0908 e. The fourth-order valence-electron chi connectivity index (χ4n) is 0.846. The third kappa shape index (κ3) is 12.2. The van der Waals surface area contributed by atoms with E-state index in [2.05, 4.69) is 0 Å². The van der Waals surface area contributed by atoms with Crippen LogP contribution >= 0.6 is 11.6 Å². The summed E-state index contributed by atoms with van der Waals surface area (Å²) >= 11 is 5.39. The van der Waals surface area contributed by atoms with Crippen molar-refractivity contribution < 1.29 is 24.1 Å². The van der Waals surface area contributed by atoms with Crippen LogP contribution in [0.4, 0.5) is 0 Å². The lowest BCUT2D eigenvalue weighted by Gasteiger charge is -2.08. The Morgan fingerprint density at radius 2 is 1.44 bits per heavy atom. The number of ether oxygens (including phenoxy) is 4. The van der Waals surface area contributed by atoms with Gasteiger partial charge in [-0.1, -0.05) is 0 Å². The van der Waals surface area contributed by atoms with Gasteiger partial charge in [-0.05, 0) is 0 Å². The van der Waals surface area contributed by atoms with Crippen LogP contribution in [0.1, 0.15) is 0 Å². The fourth-order valence-corrected chi connectivity index (χ4v) is 0.935. The lowest BCUT2D eigenvalue weighted by atomic mass is 10.4. The molecule has 0 heterocycles. The first-order valence-corrected chi connectivity index (χ1v) is 5.81. The van der Waals surface area contributed by atoms with Crippen molar-refractivity contribution in [2.24, 2.45) is 0 Å². The van der Waals surface area contributed by atoms with Crippen LogP contribution in [0.2, 0.25) is 0 Å². The molecule has 0 fully saturated rings. The number of halogens is 1. The van der Waals surface area contributed by atoms with Gasteiger partial charge in [0.05, 0.1) is 58.2 Å². The van der Waals surface area contributed by atoms with Gasteiger partial charge in [-0.3, -0.25) is 0 Å². The maximum absolute atomic E-state index is 9.05. The van der Waals surface area contributed by atoms with Crippen molar-refractivity contribution in [3.05, 3.63) is 0 Å². The van der Waals surface area contributed by atoms with Crippen LogP contribution in [0, 0.1) is 0 Å². The van der Waals surface area contributed by atoms with Gasteiger partial charge in [0.2, 0.25) is 0 Å². The lowest BCUT2D eigenvalue weighted by Crippen LogP contribution is -2.19. The molecule has 0 saturated carbocycles. The Bertz CT molecular complexity index is 136. The maximum atomic E-state index is 9.05. The summed E-state index contributed by atoms with van der Waals surface area (Å²) in [6, 6.07) is 0. The van der Waals surface area contributed by atoms with Gasteiger partial charge in [0.15, 0.2) is 0 Å². The molecule has 0 aromatic rings. The van der Waals surface area contributed by atoms with E-state index >= 15 is 0 Å². The van der Waals surface area contributed by atoms with Crippen molar-refractivity contribution >= 4 is 11.6 Å². The molecule has 0 aliphatic rings. The molecule has 1 atom stereocenters. The van der Waals surface area contributed by atoms with Crippen molar-refractivity contribution in [2.45, 2.75) is 6.10 Å². The molecule has 0 aliphatic carbocycles. The van der Waals surface area contributed by atoms with Crippen molar-refractivity contribution in [1.29, 1.82) is 0 Å². The van der Waals surface area contributed by atoms with Crippen LogP contribution in [0.15, 0.2) is 0 Å². The second-order valence-electron chi connectivity index (χ2n) is 3.10. The molecule has 0 rings (SSSR count). The predicted octanol–water partition coefficient (Wildman–Crippen LogP) is 0.282. The van der Waals surface area contributed by atoms with E-state index in [-0.39, 0.29) is 12.5 Å². The number of methoxy groups -OCH3 is 1. The Hall–Kier alpha value is 0.0900. The van der Waals surface area contributed by atoms with Gasteiger partial charge in [-0.15, -0.1) is 11.6 Å². The van der Waals surface area contributed by atoms with Gasteiger partial charge in [0, 0.05) is 7.11 Å². The second kappa shape index (κ2) is 13.2. The van der Waals surface area contributed by atoms with Crippen LogP contribution in [-0.4, -0.2) is 70.4 Å². The van der Waals surface area contributed by atoms with Crippen LogP contribution in [0.5, 0.6) is 0 Å². The number of hydrogen-bond acceptors (Lipinski definition) is 5. The first-order valence-electron chi connectivity index (χ1n) is 5.27. The number of aliphatic hydroxyl groups is 1. The fraction of sp³-hybridized carbons (Fsp3) is 1.00. The van der Waals surface area contributed by atoms with E-state index < -0.39 is 6.10 Å². The molecule has 0 bridgehead atoms. The number of aliphatic hydroxyl groups excluding tert-OH is 1. The predicted molar refractivity (Wildman–Crippen MR) is 61.1 cm³/mol. The molecular weight excluding hydrogens is 236 g/mol. The summed E-state index contributed by atoms with van der Waals surface area (Å²) in [5.41, 5.74) is 0. The quantitative estimate of drug-likeness (QED) is 0.402. The molecule has 5 nitrogen and oxygen atoms in total. The molecule has 1 N–H and O–H groups in total. The molecule has 0 amide bonds. The van der Waals surface area contributed by atoms with Crippen molar-refractivity contribution in [1.82, 2.24) is 0 Å². The smallest absolute Gasteiger partial charge is 0.0908 e. The highest BCUT2D eigenvalue weighted by Gasteiger charge is 2.00. The molecule has 16 heavy (non-hydrogen) atoms. The van der Waals surface area contributed by atoms with E-state index in [1.165, 1.54) is 0 Å². The Labute approximate surface area is 102 Å². The highest BCUT2D eigenvalue weighted by molar-refractivity contribution is 6.18. The zero-order valence-electron chi connectivity index (χ0n) is 9.69. The molecular formula is C10H21ClO5. The topological polar surface area (TPSA) is 57.2 Å². The minimum Gasteiger partial charge on any atom is -0.389 e. The SMILES string of the molecule is COCCOCCOCCOCC(O)CCl. The van der Waals surface area contributed by atoms with Gasteiger partial charge in [0.25, 0.3) is 0 Å². The van der Waals surface area contributed by atoms with E-state index in [0.717, 1.165) is 0 Å². The van der Waals surface area contributed by atoms with E-state index in [1.54, 1.807) is 7.11 Å². The average molecular weight is 257 g/mol. The van der Waals surface area contributed by atoms with Gasteiger partial charge in [0.1, 0.15) is 0 Å². The minimum absolute atomic E-state index is 0.189. The molecule has 0 aromatic carbocycles. The third-order valence-corrected chi connectivity index (χ3v) is 2.02. The Morgan fingerprint density at radius 3 is 1.94 bits per heavy atom. The highest BCUT2D eigenvalue weighted by atomic mass is 35.5. The van der Waals surface area contributed by atoms with Crippen LogP contribution in [0.25, 0.3) is 0 Å². The lowest BCUT2D eigenvalue weighted by molar-refractivity contribution is -0.0107. The standard InChI is InChI=1S/C10H21ClO5/c1-13-2-3-14-4-5-15-6-7-16-9-10(12)8-11/h10,12H,2-9H2,1H3. The van der Waals surface area contributed by atoms with E-state index in [0.29, 0.717) is 39.6 Å². The summed E-state index contributed by atoms with van der Waals surface area (Å²) in [4.78, 5) is 0. The zero-order chi connectivity index (χ0) is 12.1. The number of alkyl halides is 1. The summed E-state index contributed by atoms with van der Waals surface area (Å²) in [7, 11) is 1.63. The normalized spacial score (nSPS) is 12.9. The first-order chi connectivity index (χ1) is 7.81. The first kappa shape index (κ1) is 16.1. The van der Waals surface area contributed by atoms with Gasteiger partial charge in [-0.2, -0.15) is 0 Å². The Balaban J connectivity index is 2.93. The molecule has 0 radical (unpaired) electrons. The summed E-state index contributed by atoms with van der Waals surface area (Å²) in [5.74, 6) is 0.189. The summed E-state index contributed by atoms with van der Waals surface area (Å²) in [6.07, 6.45) is -0.598. The van der Waals surface area contributed by atoms with Crippen LogP contribution in [0.3, 0.4) is 0 Å². The van der Waals surface area contributed by atoms with Gasteiger partial charge >= 0.3 is 0 Å². The zero-order valence-corrected chi connectivity index (χ0v) is 10.4. The Morgan fingerprint density at radius 1 is 0.938 bits per heavy atom. The molecule has 0 saturated heterocycles. The van der Waals surface area contributed by atoms with Gasteiger partial charge in [-0.25, -0.2) is 0 Å². The Kier molecular flexibility index (Phi) is 13.2. The van der Waals surface area contributed by atoms with Crippen LogP contribution < -0.4 is 0 Å². The number of rotatable bonds is 12. The minimum atomic E-state index is -0.598. The monoisotopic (exact) mass is 256 g/mol. The van der Waals surface area contributed by atoms with Gasteiger partial charge < -0.3 is 24.1 Å². The molecule has 0 aromatic heterocycles. The third-order valence-electron chi connectivity index (χ3n) is 1.66. The van der Waals surface area contributed by atoms with E-state index in [1.807, 2.05) is 0 Å². The second-order valence-corrected chi connectivity index (χ2v) is 3.41. The van der Waals surface area contributed by atoms with Crippen LogP contribution in [-0.2, 0) is 18.9 Å². The number of hydrogen-bond donors (Lipinski definition) is 1. The largest absolute Gasteiger partial charge is 0.389 e. The van der Waals surface area contributed by atoms with Crippen molar-refractivity contribution in [3.8, 4) is 0 Å². The molecule has 0 aliphatic heterocycles.